The maximum Gasteiger partial charge on any atom is 0.123 e. The van der Waals surface area contributed by atoms with Gasteiger partial charge in [0.15, 0.2) is 0 Å². The summed E-state index contributed by atoms with van der Waals surface area (Å²) < 4.78 is 0. The molecular formula is C8H10Cl3NO. The molecule has 0 fully saturated rings. The van der Waals surface area contributed by atoms with Crippen LogP contribution in [0.3, 0.4) is 0 Å². The predicted molar refractivity (Wildman–Crippen MR) is 58.0 cm³/mol. The van der Waals surface area contributed by atoms with E-state index in [0.717, 1.165) is 0 Å². The lowest BCUT2D eigenvalue weighted by Gasteiger charge is -2.10. The molecule has 1 rings (SSSR count). The lowest BCUT2D eigenvalue weighted by atomic mass is 10.1. The molecule has 0 aromatic heterocycles. The Morgan fingerprint density at radius 1 is 1.38 bits per heavy atom. The third-order valence-corrected chi connectivity index (χ3v) is 2.06. The summed E-state index contributed by atoms with van der Waals surface area (Å²) in [6.07, 6.45) is 0. The van der Waals surface area contributed by atoms with Crippen LogP contribution in [0.4, 0.5) is 0 Å². The second-order valence-corrected chi connectivity index (χ2v) is 3.45. The first kappa shape index (κ1) is 12.8. The van der Waals surface area contributed by atoms with Crippen molar-refractivity contribution in [2.24, 2.45) is 5.73 Å². The lowest BCUT2D eigenvalue weighted by molar-refractivity contribution is 0.464. The highest BCUT2D eigenvalue weighted by Gasteiger charge is 2.11. The second-order valence-electron chi connectivity index (χ2n) is 2.61. The van der Waals surface area contributed by atoms with Crippen molar-refractivity contribution >= 4 is 35.6 Å². The van der Waals surface area contributed by atoms with Crippen molar-refractivity contribution in [2.75, 3.05) is 0 Å². The summed E-state index contributed by atoms with van der Waals surface area (Å²) in [5, 5.41) is 10.2. The first-order valence-corrected chi connectivity index (χ1v) is 4.21. The van der Waals surface area contributed by atoms with Crippen molar-refractivity contribution in [3.63, 3.8) is 0 Å². The maximum atomic E-state index is 9.39. The van der Waals surface area contributed by atoms with Gasteiger partial charge in [-0.2, -0.15) is 0 Å². The zero-order valence-electron chi connectivity index (χ0n) is 6.92. The van der Waals surface area contributed by atoms with Gasteiger partial charge < -0.3 is 10.8 Å². The van der Waals surface area contributed by atoms with E-state index in [2.05, 4.69) is 0 Å². The van der Waals surface area contributed by atoms with Crippen LogP contribution in [0, 0.1) is 0 Å². The molecule has 0 aliphatic heterocycles. The number of nitrogens with two attached hydrogens (primary N) is 1. The van der Waals surface area contributed by atoms with E-state index in [-0.39, 0.29) is 24.2 Å². The minimum atomic E-state index is -0.297. The Morgan fingerprint density at radius 3 is 2.31 bits per heavy atom. The molecule has 3 N–H and O–H groups in total. The number of hydrogen-bond donors (Lipinski definition) is 2. The van der Waals surface area contributed by atoms with Crippen LogP contribution in [0.15, 0.2) is 12.1 Å². The Hall–Kier alpha value is -0.150. The largest absolute Gasteiger partial charge is 0.508 e. The third-order valence-electron chi connectivity index (χ3n) is 1.53. The van der Waals surface area contributed by atoms with Gasteiger partial charge in [0.25, 0.3) is 0 Å². The molecule has 74 valence electrons. The summed E-state index contributed by atoms with van der Waals surface area (Å²) in [4.78, 5) is 0. The highest BCUT2D eigenvalue weighted by atomic mass is 35.5. The quantitative estimate of drug-likeness (QED) is 0.795. The first-order valence-electron chi connectivity index (χ1n) is 3.46. The highest BCUT2D eigenvalue weighted by molar-refractivity contribution is 6.35. The van der Waals surface area contributed by atoms with E-state index in [0.29, 0.717) is 15.6 Å². The van der Waals surface area contributed by atoms with Crippen molar-refractivity contribution in [1.29, 1.82) is 0 Å². The van der Waals surface area contributed by atoms with Crippen LogP contribution in [-0.4, -0.2) is 5.11 Å². The van der Waals surface area contributed by atoms with Gasteiger partial charge in [0.05, 0.1) is 5.02 Å². The Bertz CT molecular complexity index is 278. The molecule has 13 heavy (non-hydrogen) atoms. The second kappa shape index (κ2) is 4.91. The Morgan fingerprint density at radius 2 is 1.92 bits per heavy atom. The van der Waals surface area contributed by atoms with Crippen LogP contribution in [0.2, 0.25) is 10.0 Å². The average Bonchev–Trinajstić information content (AvgIpc) is 1.82. The van der Waals surface area contributed by atoms with Gasteiger partial charge >= 0.3 is 0 Å². The Balaban J connectivity index is 0.00000144. The Kier molecular flexibility index (Phi) is 4.86. The molecule has 1 atom stereocenters. The van der Waals surface area contributed by atoms with Crippen LogP contribution in [0.25, 0.3) is 0 Å². The van der Waals surface area contributed by atoms with Crippen molar-refractivity contribution in [2.45, 2.75) is 13.0 Å². The summed E-state index contributed by atoms with van der Waals surface area (Å²) in [5.41, 5.74) is 6.11. The van der Waals surface area contributed by atoms with E-state index in [1.165, 1.54) is 6.07 Å². The van der Waals surface area contributed by atoms with E-state index in [1.54, 1.807) is 13.0 Å². The summed E-state index contributed by atoms with van der Waals surface area (Å²) in [7, 11) is 0. The molecule has 0 heterocycles. The number of benzene rings is 1. The van der Waals surface area contributed by atoms with Gasteiger partial charge in [-0.3, -0.25) is 0 Å². The van der Waals surface area contributed by atoms with Crippen molar-refractivity contribution in [1.82, 2.24) is 0 Å². The normalized spacial score (nSPS) is 12.0. The lowest BCUT2D eigenvalue weighted by Crippen LogP contribution is -2.05. The van der Waals surface area contributed by atoms with Gasteiger partial charge in [-0.1, -0.05) is 23.2 Å². The Labute approximate surface area is 93.1 Å². The van der Waals surface area contributed by atoms with Crippen LogP contribution < -0.4 is 5.73 Å². The van der Waals surface area contributed by atoms with Crippen molar-refractivity contribution in [3.05, 3.63) is 27.7 Å². The van der Waals surface area contributed by atoms with Crippen LogP contribution in [-0.2, 0) is 0 Å². The minimum absolute atomic E-state index is 0. The van der Waals surface area contributed by atoms with E-state index < -0.39 is 0 Å². The average molecular weight is 243 g/mol. The molecule has 0 spiro atoms. The van der Waals surface area contributed by atoms with E-state index in [4.69, 9.17) is 28.9 Å². The molecule has 0 saturated heterocycles. The fraction of sp³-hybridized carbons (Fsp3) is 0.250. The topological polar surface area (TPSA) is 46.2 Å². The van der Waals surface area contributed by atoms with Gasteiger partial charge in [0.1, 0.15) is 5.75 Å². The first-order chi connectivity index (χ1) is 5.52. The SMILES string of the molecule is C[C@@H](N)c1c(O)cc(Cl)cc1Cl.Cl. The molecule has 0 aliphatic carbocycles. The number of hydrogen-bond acceptors (Lipinski definition) is 2. The summed E-state index contributed by atoms with van der Waals surface area (Å²) in [6.45, 7) is 1.74. The number of halogens is 3. The summed E-state index contributed by atoms with van der Waals surface area (Å²) in [6, 6.07) is 2.68. The molecule has 0 radical (unpaired) electrons. The van der Waals surface area contributed by atoms with Crippen molar-refractivity contribution < 1.29 is 5.11 Å². The number of phenolic OH excluding ortho intramolecular Hbond substituents is 1. The zero-order chi connectivity index (χ0) is 9.30. The molecule has 2 nitrogen and oxygen atoms in total. The fourth-order valence-corrected chi connectivity index (χ4v) is 1.68. The third kappa shape index (κ3) is 2.92. The summed E-state index contributed by atoms with van der Waals surface area (Å²) in [5.74, 6) is 0.0440. The van der Waals surface area contributed by atoms with Gasteiger partial charge in [-0.25, -0.2) is 0 Å². The smallest absolute Gasteiger partial charge is 0.123 e. The molecular weight excluding hydrogens is 232 g/mol. The van der Waals surface area contributed by atoms with Crippen LogP contribution >= 0.6 is 35.6 Å². The fourth-order valence-electron chi connectivity index (χ4n) is 1.02. The molecule has 1 aromatic rings. The molecule has 0 amide bonds. The standard InChI is InChI=1S/C8H9Cl2NO.ClH/c1-4(11)8-6(10)2-5(9)3-7(8)12;/h2-4,12H,11H2,1H3;1H/t4-;/m1./s1. The minimum Gasteiger partial charge on any atom is -0.508 e. The van der Waals surface area contributed by atoms with Gasteiger partial charge in [-0.15, -0.1) is 12.4 Å². The van der Waals surface area contributed by atoms with Gasteiger partial charge in [-0.05, 0) is 19.1 Å². The molecule has 0 saturated carbocycles. The van der Waals surface area contributed by atoms with E-state index in [1.807, 2.05) is 0 Å². The predicted octanol–water partition coefficient (Wildman–Crippen LogP) is 3.14. The monoisotopic (exact) mass is 241 g/mol. The van der Waals surface area contributed by atoms with Crippen LogP contribution in [0.5, 0.6) is 5.75 Å². The van der Waals surface area contributed by atoms with E-state index >= 15 is 0 Å². The molecule has 5 heteroatoms. The van der Waals surface area contributed by atoms with Gasteiger partial charge in [0, 0.05) is 16.6 Å². The number of phenols is 1. The molecule has 0 aliphatic rings. The van der Waals surface area contributed by atoms with Crippen molar-refractivity contribution in [3.8, 4) is 5.75 Å². The molecule has 1 aromatic carbocycles. The summed E-state index contributed by atoms with van der Waals surface area (Å²) >= 11 is 11.4. The van der Waals surface area contributed by atoms with E-state index in [9.17, 15) is 5.11 Å². The van der Waals surface area contributed by atoms with Crippen LogP contribution in [0.1, 0.15) is 18.5 Å². The molecule has 0 unspecified atom stereocenters. The zero-order valence-corrected chi connectivity index (χ0v) is 9.25. The van der Waals surface area contributed by atoms with Gasteiger partial charge in [0.2, 0.25) is 0 Å². The molecule has 0 bridgehead atoms. The maximum absolute atomic E-state index is 9.39. The number of rotatable bonds is 1. The highest BCUT2D eigenvalue weighted by Crippen LogP contribution is 2.33. The number of aromatic hydroxyl groups is 1.